The van der Waals surface area contributed by atoms with Gasteiger partial charge in [0.15, 0.2) is 0 Å². The van der Waals surface area contributed by atoms with E-state index in [1.807, 2.05) is 18.0 Å². The third-order valence-electron chi connectivity index (χ3n) is 7.26. The molecule has 4 rings (SSSR count). The molecule has 184 valence electrons. The van der Waals surface area contributed by atoms with Crippen LogP contribution in [0.2, 0.25) is 0 Å². The highest BCUT2D eigenvalue weighted by Crippen LogP contribution is 2.48. The van der Waals surface area contributed by atoms with Crippen LogP contribution in [-0.4, -0.2) is 95.5 Å². The standard InChI is InChI=1S/C22H34N4O4.CH2O2/c1-2-30-21(28)22-7-5-19(25-9-11-29-12-10-25)13-18(22)6-8-26(16-22)20(27)4-3-17-14-23-24-15-17;2-1-3/h14-15,18-19H,2-13,16H2,1H3,(H,23,24);1H,(H,2,3)/t18-,19+,22-;/m1./s1. The molecule has 0 spiro atoms. The summed E-state index contributed by atoms with van der Waals surface area (Å²) >= 11 is 0. The van der Waals surface area contributed by atoms with Crippen molar-refractivity contribution >= 4 is 18.3 Å². The fourth-order valence-corrected chi connectivity index (χ4v) is 5.55. The molecule has 1 aliphatic carbocycles. The molecule has 10 nitrogen and oxygen atoms in total. The van der Waals surface area contributed by atoms with Crippen LogP contribution in [0.4, 0.5) is 0 Å². The molecule has 0 bridgehead atoms. The van der Waals surface area contributed by atoms with Gasteiger partial charge in [-0.2, -0.15) is 5.10 Å². The number of rotatable bonds is 6. The van der Waals surface area contributed by atoms with Gasteiger partial charge in [0.25, 0.3) is 6.47 Å². The summed E-state index contributed by atoms with van der Waals surface area (Å²) in [5, 5.41) is 13.6. The molecule has 2 aliphatic heterocycles. The largest absolute Gasteiger partial charge is 0.483 e. The van der Waals surface area contributed by atoms with E-state index in [4.69, 9.17) is 19.4 Å². The highest BCUT2D eigenvalue weighted by Gasteiger charge is 2.54. The quantitative estimate of drug-likeness (QED) is 0.477. The Kier molecular flexibility index (Phi) is 9.25. The lowest BCUT2D eigenvalue weighted by molar-refractivity contribution is -0.171. The number of nitrogens with zero attached hydrogens (tertiary/aromatic N) is 3. The molecule has 2 N–H and O–H groups in total. The van der Waals surface area contributed by atoms with E-state index in [1.54, 1.807) is 6.20 Å². The summed E-state index contributed by atoms with van der Waals surface area (Å²) in [6, 6.07) is 0.504. The number of carbonyl (C=O) groups excluding carboxylic acids is 2. The van der Waals surface area contributed by atoms with Gasteiger partial charge in [-0.1, -0.05) is 0 Å². The van der Waals surface area contributed by atoms with Crippen molar-refractivity contribution in [2.24, 2.45) is 11.3 Å². The highest BCUT2D eigenvalue weighted by molar-refractivity contribution is 5.81. The van der Waals surface area contributed by atoms with Crippen LogP contribution < -0.4 is 0 Å². The summed E-state index contributed by atoms with van der Waals surface area (Å²) in [6.45, 7) is 6.76. The van der Waals surface area contributed by atoms with E-state index >= 15 is 0 Å². The van der Waals surface area contributed by atoms with E-state index in [1.165, 1.54) is 0 Å². The van der Waals surface area contributed by atoms with Gasteiger partial charge in [0.05, 0.1) is 31.4 Å². The number of hydrogen-bond acceptors (Lipinski definition) is 7. The minimum absolute atomic E-state index is 0.109. The maximum Gasteiger partial charge on any atom is 0.314 e. The molecule has 33 heavy (non-hydrogen) atoms. The number of carbonyl (C=O) groups is 3. The number of aromatic amines is 1. The van der Waals surface area contributed by atoms with Crippen LogP contribution in [0.1, 0.15) is 44.6 Å². The molecular formula is C23H36N4O6. The summed E-state index contributed by atoms with van der Waals surface area (Å²) < 4.78 is 11.1. The minimum atomic E-state index is -0.553. The lowest BCUT2D eigenvalue weighted by Gasteiger charge is -2.52. The van der Waals surface area contributed by atoms with E-state index in [9.17, 15) is 9.59 Å². The number of esters is 1. The Balaban J connectivity index is 0.000000968. The van der Waals surface area contributed by atoms with Crippen LogP contribution in [0.25, 0.3) is 0 Å². The Morgan fingerprint density at radius 1 is 1.33 bits per heavy atom. The summed E-state index contributed by atoms with van der Waals surface area (Å²) in [6.07, 6.45) is 8.35. The predicted octanol–water partition coefficient (Wildman–Crippen LogP) is 1.33. The number of ether oxygens (including phenoxy) is 2. The SMILES string of the molecule is CCOC(=O)[C@@]12CC[C@H](N3CCOCC3)C[C@H]1CCN(C(=O)CCc1cn[nH]c1)C2.O=CO. The Labute approximate surface area is 194 Å². The molecule has 0 aromatic carbocycles. The van der Waals surface area contributed by atoms with Gasteiger partial charge in [-0.15, -0.1) is 0 Å². The van der Waals surface area contributed by atoms with Crippen molar-refractivity contribution in [1.29, 1.82) is 0 Å². The molecule has 3 aliphatic rings. The van der Waals surface area contributed by atoms with Gasteiger partial charge in [0, 0.05) is 44.8 Å². The van der Waals surface area contributed by atoms with E-state index in [0.717, 1.165) is 64.1 Å². The zero-order valence-electron chi connectivity index (χ0n) is 19.4. The van der Waals surface area contributed by atoms with E-state index in [0.29, 0.717) is 32.0 Å². The van der Waals surface area contributed by atoms with Gasteiger partial charge in [-0.25, -0.2) is 0 Å². The van der Waals surface area contributed by atoms with Crippen LogP contribution in [0, 0.1) is 11.3 Å². The maximum atomic E-state index is 13.1. The van der Waals surface area contributed by atoms with Gasteiger partial charge < -0.3 is 19.5 Å². The van der Waals surface area contributed by atoms with Crippen LogP contribution in [0.15, 0.2) is 12.4 Å². The van der Waals surface area contributed by atoms with Crippen LogP contribution in [0.3, 0.4) is 0 Å². The fraction of sp³-hybridized carbons (Fsp3) is 0.739. The zero-order valence-corrected chi connectivity index (χ0v) is 19.4. The van der Waals surface area contributed by atoms with E-state index in [-0.39, 0.29) is 24.3 Å². The first-order chi connectivity index (χ1) is 16.0. The molecule has 0 radical (unpaired) electrons. The molecule has 1 aromatic heterocycles. The van der Waals surface area contributed by atoms with Crippen molar-refractivity contribution in [3.8, 4) is 0 Å². The Morgan fingerprint density at radius 2 is 2.09 bits per heavy atom. The monoisotopic (exact) mass is 464 g/mol. The van der Waals surface area contributed by atoms with Crippen molar-refractivity contribution in [3.63, 3.8) is 0 Å². The smallest absolute Gasteiger partial charge is 0.314 e. The van der Waals surface area contributed by atoms with Gasteiger partial charge >= 0.3 is 5.97 Å². The van der Waals surface area contributed by atoms with E-state index in [2.05, 4.69) is 15.1 Å². The normalized spacial score (nSPS) is 27.6. The van der Waals surface area contributed by atoms with Gasteiger partial charge in [0.2, 0.25) is 5.91 Å². The van der Waals surface area contributed by atoms with Crippen molar-refractivity contribution < 1.29 is 29.0 Å². The van der Waals surface area contributed by atoms with Crippen LogP contribution in [0.5, 0.6) is 0 Å². The summed E-state index contributed by atoms with van der Waals surface area (Å²) in [5.41, 5.74) is 0.479. The number of morpholine rings is 1. The third-order valence-corrected chi connectivity index (χ3v) is 7.26. The van der Waals surface area contributed by atoms with Crippen molar-refractivity contribution in [1.82, 2.24) is 20.0 Å². The summed E-state index contributed by atoms with van der Waals surface area (Å²) in [7, 11) is 0. The second-order valence-corrected chi connectivity index (χ2v) is 8.97. The number of aromatic nitrogens is 2. The Morgan fingerprint density at radius 3 is 2.76 bits per heavy atom. The maximum absolute atomic E-state index is 13.1. The first kappa shape index (κ1) is 25.2. The van der Waals surface area contributed by atoms with Crippen molar-refractivity contribution in [2.75, 3.05) is 46.0 Å². The minimum Gasteiger partial charge on any atom is -0.483 e. The third kappa shape index (κ3) is 6.11. The topological polar surface area (TPSA) is 125 Å². The molecule has 1 aromatic rings. The number of amides is 1. The molecule has 3 heterocycles. The molecule has 3 atom stereocenters. The number of piperidine rings is 1. The zero-order chi connectivity index (χ0) is 23.7. The summed E-state index contributed by atoms with van der Waals surface area (Å²) in [4.78, 5) is 38.9. The Bertz CT molecular complexity index is 767. The molecule has 0 unspecified atom stereocenters. The summed E-state index contributed by atoms with van der Waals surface area (Å²) in [5.74, 6) is 0.285. The lowest BCUT2D eigenvalue weighted by Crippen LogP contribution is -2.59. The molecule has 10 heteroatoms. The number of hydrogen-bond donors (Lipinski definition) is 2. The second-order valence-electron chi connectivity index (χ2n) is 8.97. The van der Waals surface area contributed by atoms with Gasteiger partial charge in [-0.3, -0.25) is 24.4 Å². The number of nitrogens with one attached hydrogen (secondary N) is 1. The Hall–Kier alpha value is -2.46. The first-order valence-electron chi connectivity index (χ1n) is 11.9. The average Bonchev–Trinajstić information content (AvgIpc) is 3.37. The fourth-order valence-electron chi connectivity index (χ4n) is 5.55. The molecular weight excluding hydrogens is 428 g/mol. The molecule has 1 amide bonds. The van der Waals surface area contributed by atoms with Crippen molar-refractivity contribution in [3.05, 3.63) is 18.0 Å². The lowest BCUT2D eigenvalue weighted by atomic mass is 9.61. The number of H-pyrrole nitrogens is 1. The van der Waals surface area contributed by atoms with Crippen molar-refractivity contribution in [2.45, 2.75) is 51.5 Å². The second kappa shape index (κ2) is 12.1. The molecule has 2 saturated heterocycles. The number of carboxylic acid groups (broad SMARTS) is 1. The highest BCUT2D eigenvalue weighted by atomic mass is 16.5. The van der Waals surface area contributed by atoms with Gasteiger partial charge in [-0.05, 0) is 50.5 Å². The predicted molar refractivity (Wildman–Crippen MR) is 119 cm³/mol. The number of likely N-dealkylation sites (tertiary alicyclic amines) is 1. The van der Waals surface area contributed by atoms with Crippen LogP contribution >= 0.6 is 0 Å². The average molecular weight is 465 g/mol. The molecule has 1 saturated carbocycles. The van der Waals surface area contributed by atoms with Crippen LogP contribution in [-0.2, 0) is 30.3 Å². The van der Waals surface area contributed by atoms with E-state index < -0.39 is 5.41 Å². The number of fused-ring (bicyclic) bond motifs is 1. The number of aryl methyl sites for hydroxylation is 1. The first-order valence-corrected chi connectivity index (χ1v) is 11.9. The molecule has 3 fully saturated rings. The van der Waals surface area contributed by atoms with Gasteiger partial charge in [0.1, 0.15) is 0 Å².